The first kappa shape index (κ1) is 12.9. The van der Waals surface area contributed by atoms with Gasteiger partial charge in [0.25, 0.3) is 0 Å². The van der Waals surface area contributed by atoms with Crippen LogP contribution < -0.4 is 10.6 Å². The molecule has 1 heterocycles. The molecule has 0 amide bonds. The van der Waals surface area contributed by atoms with Crippen LogP contribution in [-0.2, 0) is 0 Å². The fourth-order valence-corrected chi connectivity index (χ4v) is 1.33. The standard InChI is InChI=1S/C14H17N3/c1-5-7-9-16-13(4)17-10-8-12(3)14(17)11-15-6-2/h5-11H,1,3H2,2,4H3/b9-7-,14-11+,15-6-,16-13+. The number of allylic oxidation sites excluding steroid dienone is 2. The van der Waals surface area contributed by atoms with Crippen molar-refractivity contribution in [3.63, 3.8) is 0 Å². The van der Waals surface area contributed by atoms with Gasteiger partial charge in [-0.1, -0.05) is 19.2 Å². The van der Waals surface area contributed by atoms with Crippen LogP contribution in [-0.4, -0.2) is 16.6 Å². The van der Waals surface area contributed by atoms with E-state index in [1.54, 1.807) is 30.8 Å². The van der Waals surface area contributed by atoms with Gasteiger partial charge in [-0.3, -0.25) is 4.99 Å². The lowest BCUT2D eigenvalue weighted by Gasteiger charge is -2.00. The van der Waals surface area contributed by atoms with Gasteiger partial charge < -0.3 is 4.57 Å². The third-order valence-corrected chi connectivity index (χ3v) is 2.19. The summed E-state index contributed by atoms with van der Waals surface area (Å²) in [5.41, 5.74) is 0. The van der Waals surface area contributed by atoms with E-state index < -0.39 is 0 Å². The maximum atomic E-state index is 4.29. The van der Waals surface area contributed by atoms with Crippen LogP contribution in [0.4, 0.5) is 0 Å². The van der Waals surface area contributed by atoms with Crippen molar-refractivity contribution in [3.8, 4) is 0 Å². The van der Waals surface area contributed by atoms with Gasteiger partial charge in [0.15, 0.2) is 0 Å². The maximum absolute atomic E-state index is 4.29. The van der Waals surface area contributed by atoms with E-state index in [0.717, 1.165) is 16.4 Å². The highest BCUT2D eigenvalue weighted by molar-refractivity contribution is 5.83. The molecule has 1 aromatic rings. The second-order valence-corrected chi connectivity index (χ2v) is 3.39. The zero-order valence-corrected chi connectivity index (χ0v) is 10.3. The van der Waals surface area contributed by atoms with E-state index in [1.165, 1.54) is 0 Å². The zero-order chi connectivity index (χ0) is 12.7. The Bertz CT molecular complexity index is 571. The van der Waals surface area contributed by atoms with Crippen LogP contribution in [0, 0.1) is 0 Å². The number of hydrogen-bond acceptors (Lipinski definition) is 2. The predicted octanol–water partition coefficient (Wildman–Crippen LogP) is 1.69. The van der Waals surface area contributed by atoms with Gasteiger partial charge in [-0.05, 0) is 31.2 Å². The summed E-state index contributed by atoms with van der Waals surface area (Å²) < 4.78 is 1.95. The Morgan fingerprint density at radius 1 is 1.47 bits per heavy atom. The highest BCUT2D eigenvalue weighted by Gasteiger charge is 1.96. The summed E-state index contributed by atoms with van der Waals surface area (Å²) in [6.07, 6.45) is 10.6. The Balaban J connectivity index is 3.24. The molecular weight excluding hydrogens is 210 g/mol. The quantitative estimate of drug-likeness (QED) is 0.427. The molecule has 0 aliphatic carbocycles. The van der Waals surface area contributed by atoms with Gasteiger partial charge in [0.2, 0.25) is 0 Å². The van der Waals surface area contributed by atoms with Crippen molar-refractivity contribution >= 4 is 24.8 Å². The molecule has 0 saturated heterocycles. The predicted molar refractivity (Wildman–Crippen MR) is 75.7 cm³/mol. The van der Waals surface area contributed by atoms with Crippen LogP contribution in [0.25, 0.3) is 12.8 Å². The van der Waals surface area contributed by atoms with Crippen LogP contribution in [0.2, 0.25) is 0 Å². The fraction of sp³-hybridized carbons (Fsp3) is 0.143. The summed E-state index contributed by atoms with van der Waals surface area (Å²) >= 11 is 0. The van der Waals surface area contributed by atoms with Crippen LogP contribution in [0.5, 0.6) is 0 Å². The van der Waals surface area contributed by atoms with E-state index in [0.29, 0.717) is 0 Å². The summed E-state index contributed by atoms with van der Waals surface area (Å²) in [4.78, 5) is 8.41. The van der Waals surface area contributed by atoms with Gasteiger partial charge in [0, 0.05) is 18.6 Å². The molecular formula is C14H17N3. The van der Waals surface area contributed by atoms with E-state index >= 15 is 0 Å². The van der Waals surface area contributed by atoms with Crippen molar-refractivity contribution in [2.24, 2.45) is 9.98 Å². The van der Waals surface area contributed by atoms with E-state index in [9.17, 15) is 0 Å². The van der Waals surface area contributed by atoms with Crippen molar-refractivity contribution in [2.45, 2.75) is 13.8 Å². The molecule has 0 fully saturated rings. The molecule has 0 aliphatic heterocycles. The number of nitrogens with zero attached hydrogens (tertiary/aromatic N) is 3. The topological polar surface area (TPSA) is 29.6 Å². The normalized spacial score (nSPS) is 14.0. The molecule has 17 heavy (non-hydrogen) atoms. The average Bonchev–Trinajstić information content (AvgIpc) is 2.68. The van der Waals surface area contributed by atoms with Gasteiger partial charge in [-0.15, -0.1) is 0 Å². The van der Waals surface area contributed by atoms with E-state index in [1.807, 2.05) is 30.7 Å². The first-order chi connectivity index (χ1) is 8.20. The molecule has 0 unspecified atom stereocenters. The smallest absolute Gasteiger partial charge is 0.109 e. The van der Waals surface area contributed by atoms with Crippen LogP contribution in [0.15, 0.2) is 47.2 Å². The van der Waals surface area contributed by atoms with E-state index in [4.69, 9.17) is 0 Å². The summed E-state index contributed by atoms with van der Waals surface area (Å²) in [6.45, 7) is 11.4. The lowest BCUT2D eigenvalue weighted by Crippen LogP contribution is -2.30. The van der Waals surface area contributed by atoms with Crippen molar-refractivity contribution in [2.75, 3.05) is 0 Å². The minimum absolute atomic E-state index is 0.857. The molecule has 3 heteroatoms. The maximum Gasteiger partial charge on any atom is 0.109 e. The average molecular weight is 227 g/mol. The first-order valence-electron chi connectivity index (χ1n) is 5.37. The summed E-state index contributed by atoms with van der Waals surface area (Å²) in [5.74, 6) is 0.857. The van der Waals surface area contributed by atoms with Crippen molar-refractivity contribution in [1.82, 2.24) is 4.57 Å². The van der Waals surface area contributed by atoms with Gasteiger partial charge in [-0.25, -0.2) is 4.99 Å². The highest BCUT2D eigenvalue weighted by Crippen LogP contribution is 1.85. The first-order valence-corrected chi connectivity index (χ1v) is 5.37. The molecule has 0 aliphatic rings. The van der Waals surface area contributed by atoms with Gasteiger partial charge in [0.1, 0.15) is 5.84 Å². The Morgan fingerprint density at radius 2 is 2.24 bits per heavy atom. The van der Waals surface area contributed by atoms with Gasteiger partial charge in [0.05, 0.1) is 11.5 Å². The number of hydrogen-bond donors (Lipinski definition) is 0. The Hall–Kier alpha value is -2.16. The SMILES string of the molecule is C=C/C=C\N=C(/C)n1ccc(=C)/c1=C\N=C/C. The molecule has 0 N–H and O–H groups in total. The largest absolute Gasteiger partial charge is 0.303 e. The Kier molecular flexibility index (Phi) is 4.88. The minimum atomic E-state index is 0.857. The Labute approximate surface area is 102 Å². The molecule has 1 rings (SSSR count). The number of aromatic nitrogens is 1. The molecule has 0 radical (unpaired) electrons. The molecule has 1 aromatic heterocycles. The molecule has 0 saturated carbocycles. The lowest BCUT2D eigenvalue weighted by atomic mass is 10.5. The molecule has 88 valence electrons. The van der Waals surface area contributed by atoms with Gasteiger partial charge >= 0.3 is 0 Å². The second kappa shape index (κ2) is 6.43. The van der Waals surface area contributed by atoms with Crippen molar-refractivity contribution < 1.29 is 0 Å². The second-order valence-electron chi connectivity index (χ2n) is 3.39. The van der Waals surface area contributed by atoms with Gasteiger partial charge in [-0.2, -0.15) is 0 Å². The fourth-order valence-electron chi connectivity index (χ4n) is 1.33. The van der Waals surface area contributed by atoms with Crippen LogP contribution >= 0.6 is 0 Å². The summed E-state index contributed by atoms with van der Waals surface area (Å²) in [7, 11) is 0. The summed E-state index contributed by atoms with van der Waals surface area (Å²) in [6, 6.07) is 1.94. The van der Waals surface area contributed by atoms with Crippen molar-refractivity contribution in [3.05, 3.63) is 47.8 Å². The molecule has 0 bridgehead atoms. The third-order valence-electron chi connectivity index (χ3n) is 2.19. The minimum Gasteiger partial charge on any atom is -0.303 e. The van der Waals surface area contributed by atoms with Crippen LogP contribution in [0.3, 0.4) is 0 Å². The monoisotopic (exact) mass is 227 g/mol. The van der Waals surface area contributed by atoms with E-state index in [2.05, 4.69) is 23.1 Å². The molecule has 0 atom stereocenters. The van der Waals surface area contributed by atoms with E-state index in [-0.39, 0.29) is 0 Å². The number of aliphatic imine (C=N–C) groups is 2. The van der Waals surface area contributed by atoms with Crippen molar-refractivity contribution in [1.29, 1.82) is 0 Å². The lowest BCUT2D eigenvalue weighted by molar-refractivity contribution is 1.08. The third kappa shape index (κ3) is 3.41. The zero-order valence-electron chi connectivity index (χ0n) is 10.3. The van der Waals surface area contributed by atoms with Crippen LogP contribution in [0.1, 0.15) is 13.8 Å². The molecule has 3 nitrogen and oxygen atoms in total. The molecule has 0 aromatic carbocycles. The Morgan fingerprint density at radius 3 is 2.88 bits per heavy atom. The number of rotatable bonds is 3. The molecule has 0 spiro atoms. The summed E-state index contributed by atoms with van der Waals surface area (Å²) in [5, 5.41) is 1.87. The highest BCUT2D eigenvalue weighted by atomic mass is 15.0.